The normalized spacial score (nSPS) is 49.0. The smallest absolute Gasteiger partial charge is 0.326 e. The molecule has 3 amide bonds. The number of ether oxygens (including phenoxy) is 1. The van der Waals surface area contributed by atoms with Crippen LogP contribution in [0.5, 0.6) is 0 Å². The molecule has 0 unspecified atom stereocenters. The van der Waals surface area contributed by atoms with Crippen molar-refractivity contribution < 1.29 is 29.6 Å². The summed E-state index contributed by atoms with van der Waals surface area (Å²) in [6.07, 6.45) is -5.13. The number of carbonyl (C=O) groups is 2. The molecule has 0 aliphatic carbocycles. The molecule has 0 saturated carbocycles. The molecular weight excluding hydrogens is 232 g/mol. The quantitative estimate of drug-likeness (QED) is 0.363. The van der Waals surface area contributed by atoms with Crippen LogP contribution in [0, 0.1) is 0 Å². The SMILES string of the molecule is O=C1NC(=O)N2[C@H]([C@@H](O)[C@H]3O[C@@H]2C[C@@H]3O)[C@H]1O. The van der Waals surface area contributed by atoms with Gasteiger partial charge in [0, 0.05) is 6.42 Å². The highest BCUT2D eigenvalue weighted by Crippen LogP contribution is 2.36. The number of nitrogens with zero attached hydrogens (tertiary/aromatic N) is 1. The molecule has 2 bridgehead atoms. The zero-order valence-corrected chi connectivity index (χ0v) is 8.68. The number of imide groups is 1. The highest BCUT2D eigenvalue weighted by Gasteiger charge is 2.58. The summed E-state index contributed by atoms with van der Waals surface area (Å²) in [4.78, 5) is 24.0. The second-order valence-corrected chi connectivity index (χ2v) is 4.49. The minimum absolute atomic E-state index is 0.159. The van der Waals surface area contributed by atoms with Crippen molar-refractivity contribution in [3.05, 3.63) is 0 Å². The van der Waals surface area contributed by atoms with Crippen LogP contribution in [0.2, 0.25) is 0 Å². The van der Waals surface area contributed by atoms with Gasteiger partial charge in [-0.15, -0.1) is 0 Å². The van der Waals surface area contributed by atoms with E-state index in [0.29, 0.717) is 0 Å². The van der Waals surface area contributed by atoms with E-state index in [-0.39, 0.29) is 6.42 Å². The van der Waals surface area contributed by atoms with Crippen molar-refractivity contribution in [3.8, 4) is 0 Å². The monoisotopic (exact) mass is 244 g/mol. The fraction of sp³-hybridized carbons (Fsp3) is 0.778. The van der Waals surface area contributed by atoms with Gasteiger partial charge in [0.25, 0.3) is 5.91 Å². The molecule has 6 atom stereocenters. The third-order valence-corrected chi connectivity index (χ3v) is 3.51. The van der Waals surface area contributed by atoms with E-state index in [2.05, 4.69) is 0 Å². The van der Waals surface area contributed by atoms with Crippen LogP contribution in [-0.4, -0.2) is 68.8 Å². The Hall–Kier alpha value is -1.22. The average molecular weight is 244 g/mol. The van der Waals surface area contributed by atoms with Gasteiger partial charge in [-0.2, -0.15) is 0 Å². The lowest BCUT2D eigenvalue weighted by atomic mass is 9.95. The predicted molar refractivity (Wildman–Crippen MR) is 50.5 cm³/mol. The number of amides is 3. The van der Waals surface area contributed by atoms with Gasteiger partial charge in [0.2, 0.25) is 0 Å². The van der Waals surface area contributed by atoms with Gasteiger partial charge in [0.05, 0.1) is 12.1 Å². The second-order valence-electron chi connectivity index (χ2n) is 4.49. The molecule has 17 heavy (non-hydrogen) atoms. The Labute approximate surface area is 95.8 Å². The van der Waals surface area contributed by atoms with E-state index < -0.39 is 48.6 Å². The molecule has 0 aromatic rings. The Morgan fingerprint density at radius 3 is 2.71 bits per heavy atom. The van der Waals surface area contributed by atoms with Gasteiger partial charge < -0.3 is 20.1 Å². The Kier molecular flexibility index (Phi) is 2.17. The van der Waals surface area contributed by atoms with Crippen molar-refractivity contribution >= 4 is 11.9 Å². The summed E-state index contributed by atoms with van der Waals surface area (Å²) < 4.78 is 5.29. The van der Waals surface area contributed by atoms with Gasteiger partial charge in [-0.05, 0) is 0 Å². The number of nitrogens with one attached hydrogen (secondary N) is 1. The van der Waals surface area contributed by atoms with Crippen molar-refractivity contribution in [2.45, 2.75) is 43.1 Å². The van der Waals surface area contributed by atoms with Crippen LogP contribution in [0.25, 0.3) is 0 Å². The second kappa shape index (κ2) is 3.39. The summed E-state index contributed by atoms with van der Waals surface area (Å²) in [5.41, 5.74) is 0. The third kappa shape index (κ3) is 1.32. The summed E-state index contributed by atoms with van der Waals surface area (Å²) in [6.45, 7) is 0. The molecule has 3 saturated heterocycles. The van der Waals surface area contributed by atoms with E-state index in [1.165, 1.54) is 0 Å². The Morgan fingerprint density at radius 2 is 2.00 bits per heavy atom. The molecule has 3 aliphatic rings. The van der Waals surface area contributed by atoms with Crippen LogP contribution in [-0.2, 0) is 9.53 Å². The van der Waals surface area contributed by atoms with E-state index >= 15 is 0 Å². The van der Waals surface area contributed by atoms with Crippen LogP contribution in [0.15, 0.2) is 0 Å². The number of rotatable bonds is 0. The molecular formula is C9H12N2O6. The summed E-state index contributed by atoms with van der Waals surface area (Å²) in [5.74, 6) is -0.842. The van der Waals surface area contributed by atoms with Crippen LogP contribution >= 0.6 is 0 Å². The van der Waals surface area contributed by atoms with Crippen molar-refractivity contribution in [1.82, 2.24) is 10.2 Å². The Balaban J connectivity index is 1.99. The number of hydrogen-bond donors (Lipinski definition) is 4. The van der Waals surface area contributed by atoms with Crippen LogP contribution in [0.4, 0.5) is 4.79 Å². The van der Waals surface area contributed by atoms with Gasteiger partial charge in [-0.1, -0.05) is 0 Å². The summed E-state index contributed by atoms with van der Waals surface area (Å²) >= 11 is 0. The molecule has 0 spiro atoms. The number of fused-ring (bicyclic) bond motifs is 4. The molecule has 3 aliphatic heterocycles. The number of hydrogen-bond acceptors (Lipinski definition) is 6. The Bertz CT molecular complexity index is 388. The topological polar surface area (TPSA) is 119 Å². The summed E-state index contributed by atoms with van der Waals surface area (Å²) in [5, 5.41) is 31.3. The standard InChI is InChI=1S/C9H12N2O6/c12-2-1-3-11-4(5(13)7(2)17-3)6(14)8(15)10-9(11)16/h2-7,12-14H,1H2,(H,10,15,16)/t2-,3+,4+,5+,6+,7-/m0/s1. The number of aliphatic hydroxyl groups excluding tert-OH is 3. The first-order chi connectivity index (χ1) is 8.00. The molecule has 4 N–H and O–H groups in total. The lowest BCUT2D eigenvalue weighted by Crippen LogP contribution is -2.72. The highest BCUT2D eigenvalue weighted by molar-refractivity contribution is 6.00. The van der Waals surface area contributed by atoms with E-state index in [4.69, 9.17) is 4.74 Å². The molecule has 0 aromatic carbocycles. The van der Waals surface area contributed by atoms with E-state index in [0.717, 1.165) is 4.90 Å². The summed E-state index contributed by atoms with van der Waals surface area (Å²) in [7, 11) is 0. The first-order valence-corrected chi connectivity index (χ1v) is 5.33. The molecule has 3 heterocycles. The van der Waals surface area contributed by atoms with Crippen molar-refractivity contribution in [3.63, 3.8) is 0 Å². The van der Waals surface area contributed by atoms with Gasteiger partial charge >= 0.3 is 6.03 Å². The zero-order chi connectivity index (χ0) is 12.3. The third-order valence-electron chi connectivity index (χ3n) is 3.51. The van der Waals surface area contributed by atoms with Gasteiger partial charge in [0.15, 0.2) is 6.10 Å². The maximum absolute atomic E-state index is 11.6. The lowest BCUT2D eigenvalue weighted by Gasteiger charge is -2.46. The highest BCUT2D eigenvalue weighted by atomic mass is 16.6. The predicted octanol–water partition coefficient (Wildman–Crippen LogP) is -2.88. The van der Waals surface area contributed by atoms with Crippen molar-refractivity contribution in [2.24, 2.45) is 0 Å². The number of urea groups is 1. The van der Waals surface area contributed by atoms with E-state index in [1.807, 2.05) is 5.32 Å². The fourth-order valence-corrected chi connectivity index (χ4v) is 2.71. The molecule has 3 rings (SSSR count). The molecule has 8 nitrogen and oxygen atoms in total. The molecule has 8 heteroatoms. The maximum atomic E-state index is 11.6. The van der Waals surface area contributed by atoms with Crippen LogP contribution < -0.4 is 5.32 Å². The number of aliphatic hydroxyl groups is 3. The minimum Gasteiger partial charge on any atom is -0.390 e. The first-order valence-electron chi connectivity index (χ1n) is 5.33. The lowest BCUT2D eigenvalue weighted by molar-refractivity contribution is -0.197. The number of carbonyl (C=O) groups excluding carboxylic acids is 2. The Morgan fingerprint density at radius 1 is 1.29 bits per heavy atom. The molecule has 3 fully saturated rings. The van der Waals surface area contributed by atoms with E-state index in [9.17, 15) is 24.9 Å². The van der Waals surface area contributed by atoms with Gasteiger partial charge in [-0.25, -0.2) is 4.79 Å². The maximum Gasteiger partial charge on any atom is 0.326 e. The van der Waals surface area contributed by atoms with E-state index in [1.54, 1.807) is 0 Å². The largest absolute Gasteiger partial charge is 0.390 e. The van der Waals surface area contributed by atoms with Crippen molar-refractivity contribution in [1.29, 1.82) is 0 Å². The molecule has 0 radical (unpaired) electrons. The molecule has 0 aromatic heterocycles. The van der Waals surface area contributed by atoms with Gasteiger partial charge in [-0.3, -0.25) is 15.0 Å². The zero-order valence-electron chi connectivity index (χ0n) is 8.68. The van der Waals surface area contributed by atoms with Crippen molar-refractivity contribution in [2.75, 3.05) is 0 Å². The first kappa shape index (κ1) is 10.9. The van der Waals surface area contributed by atoms with Crippen LogP contribution in [0.3, 0.4) is 0 Å². The minimum atomic E-state index is -1.51. The van der Waals surface area contributed by atoms with Gasteiger partial charge in [0.1, 0.15) is 18.4 Å². The average Bonchev–Trinajstić information content (AvgIpc) is 2.59. The van der Waals surface area contributed by atoms with Crippen LogP contribution in [0.1, 0.15) is 6.42 Å². The molecule has 94 valence electrons. The summed E-state index contributed by atoms with van der Waals surface area (Å²) in [6, 6.07) is -1.78. The fourth-order valence-electron chi connectivity index (χ4n) is 2.71.